The zero-order chi connectivity index (χ0) is 28.5. The first-order valence-electron chi connectivity index (χ1n) is 12.6. The first-order chi connectivity index (χ1) is 19.4. The van der Waals surface area contributed by atoms with Crippen molar-refractivity contribution in [3.05, 3.63) is 83.7 Å². The predicted molar refractivity (Wildman–Crippen MR) is 154 cm³/mol. The van der Waals surface area contributed by atoms with Crippen molar-refractivity contribution < 1.29 is 23.8 Å². The van der Waals surface area contributed by atoms with Crippen molar-refractivity contribution in [2.75, 3.05) is 31.9 Å². The van der Waals surface area contributed by atoms with Crippen molar-refractivity contribution in [2.45, 2.75) is 25.5 Å². The number of benzene rings is 3. The van der Waals surface area contributed by atoms with Crippen LogP contribution in [0.15, 0.2) is 71.9 Å². The molecule has 0 fully saturated rings. The lowest BCUT2D eigenvalue weighted by atomic mass is 10.2. The number of anilines is 1. The fraction of sp³-hybridized carbons (Fsp3) is 0.241. The van der Waals surface area contributed by atoms with Crippen LogP contribution in [0.2, 0.25) is 0 Å². The van der Waals surface area contributed by atoms with Gasteiger partial charge in [0, 0.05) is 16.9 Å². The molecule has 11 heteroatoms. The van der Waals surface area contributed by atoms with E-state index in [1.165, 1.54) is 26.0 Å². The normalized spacial score (nSPS) is 10.6. The number of carbonyl (C=O) groups is 2. The minimum Gasteiger partial charge on any atom is -0.494 e. The molecule has 4 rings (SSSR count). The van der Waals surface area contributed by atoms with Crippen LogP contribution in [0.1, 0.15) is 28.7 Å². The summed E-state index contributed by atoms with van der Waals surface area (Å²) >= 11 is 1.26. The molecule has 2 N–H and O–H groups in total. The lowest BCUT2D eigenvalue weighted by Gasteiger charge is -2.12. The minimum atomic E-state index is -0.302. The lowest BCUT2D eigenvalue weighted by Crippen LogP contribution is -2.24. The van der Waals surface area contributed by atoms with Crippen molar-refractivity contribution >= 4 is 29.3 Å². The highest BCUT2D eigenvalue weighted by Crippen LogP contribution is 2.28. The van der Waals surface area contributed by atoms with Gasteiger partial charge in [0.1, 0.15) is 5.75 Å². The number of carbonyl (C=O) groups excluding carboxylic acids is 2. The molecular weight excluding hydrogens is 530 g/mol. The second kappa shape index (κ2) is 13.5. The van der Waals surface area contributed by atoms with Crippen LogP contribution in [0.5, 0.6) is 17.2 Å². The molecule has 40 heavy (non-hydrogen) atoms. The summed E-state index contributed by atoms with van der Waals surface area (Å²) in [7, 11) is 3.05. The van der Waals surface area contributed by atoms with E-state index in [-0.39, 0.29) is 24.1 Å². The van der Waals surface area contributed by atoms with Gasteiger partial charge >= 0.3 is 0 Å². The number of methoxy groups -OCH3 is 2. The third kappa shape index (κ3) is 7.11. The predicted octanol–water partition coefficient (Wildman–Crippen LogP) is 4.65. The summed E-state index contributed by atoms with van der Waals surface area (Å²) in [6, 6.07) is 20.0. The van der Waals surface area contributed by atoms with Gasteiger partial charge in [-0.1, -0.05) is 23.9 Å². The van der Waals surface area contributed by atoms with E-state index in [1.807, 2.05) is 54.8 Å². The van der Waals surface area contributed by atoms with Gasteiger partial charge in [0.25, 0.3) is 5.91 Å². The Balaban J connectivity index is 1.48. The number of nitrogens with one attached hydrogen (secondary N) is 2. The molecule has 1 heterocycles. The third-order valence-electron chi connectivity index (χ3n) is 5.79. The van der Waals surface area contributed by atoms with Crippen molar-refractivity contribution in [1.29, 1.82) is 0 Å². The average molecular weight is 562 g/mol. The smallest absolute Gasteiger partial charge is 0.251 e. The van der Waals surface area contributed by atoms with Crippen LogP contribution in [0, 0.1) is 6.92 Å². The Morgan fingerprint density at radius 1 is 0.950 bits per heavy atom. The Morgan fingerprint density at radius 3 is 2.42 bits per heavy atom. The molecular formula is C29H31N5O5S. The standard InChI is InChI=1S/C29H31N5O5S/c1-5-39-23-12-10-21(11-13-23)31-27(35)18-40-29-33-32-26(34(29)22-8-6-7-19(2)15-22)17-30-28(36)20-9-14-24(37-3)25(16-20)38-4/h6-16H,5,17-18H2,1-4H3,(H,30,36)(H,31,35). The maximum atomic E-state index is 12.9. The summed E-state index contributed by atoms with van der Waals surface area (Å²) in [5.74, 6) is 1.89. The molecule has 0 aliphatic carbocycles. The molecule has 2 amide bonds. The first-order valence-corrected chi connectivity index (χ1v) is 13.6. The Morgan fingerprint density at radius 2 is 1.73 bits per heavy atom. The Bertz CT molecular complexity index is 1470. The summed E-state index contributed by atoms with van der Waals surface area (Å²) in [4.78, 5) is 25.6. The van der Waals surface area contributed by atoms with E-state index in [0.717, 1.165) is 17.0 Å². The lowest BCUT2D eigenvalue weighted by molar-refractivity contribution is -0.113. The summed E-state index contributed by atoms with van der Waals surface area (Å²) in [5.41, 5.74) is 2.97. The fourth-order valence-corrected chi connectivity index (χ4v) is 4.67. The van der Waals surface area contributed by atoms with Crippen LogP contribution in [0.4, 0.5) is 5.69 Å². The molecule has 0 atom stereocenters. The maximum Gasteiger partial charge on any atom is 0.251 e. The van der Waals surface area contributed by atoms with Crippen LogP contribution < -0.4 is 24.8 Å². The third-order valence-corrected chi connectivity index (χ3v) is 6.72. The van der Waals surface area contributed by atoms with Gasteiger partial charge in [-0.15, -0.1) is 10.2 Å². The van der Waals surface area contributed by atoms with E-state index < -0.39 is 0 Å². The molecule has 0 bridgehead atoms. The van der Waals surface area contributed by atoms with Gasteiger partial charge in [-0.05, 0) is 74.0 Å². The van der Waals surface area contributed by atoms with Crippen LogP contribution in [0.3, 0.4) is 0 Å². The van der Waals surface area contributed by atoms with E-state index in [2.05, 4.69) is 20.8 Å². The molecule has 0 aliphatic heterocycles. The number of amides is 2. The van der Waals surface area contributed by atoms with Crippen molar-refractivity contribution in [1.82, 2.24) is 20.1 Å². The molecule has 0 radical (unpaired) electrons. The monoisotopic (exact) mass is 561 g/mol. The molecule has 0 spiro atoms. The van der Waals surface area contributed by atoms with E-state index in [4.69, 9.17) is 14.2 Å². The number of hydrogen-bond acceptors (Lipinski definition) is 8. The Hall–Kier alpha value is -4.51. The molecule has 3 aromatic carbocycles. The molecule has 0 saturated heterocycles. The molecule has 4 aromatic rings. The summed E-state index contributed by atoms with van der Waals surface area (Å²) in [5, 5.41) is 15.0. The Labute approximate surface area is 237 Å². The number of ether oxygens (including phenoxy) is 3. The van der Waals surface area contributed by atoms with E-state index in [9.17, 15) is 9.59 Å². The SMILES string of the molecule is CCOc1ccc(NC(=O)CSc2nnc(CNC(=O)c3ccc(OC)c(OC)c3)n2-c2cccc(C)c2)cc1. The highest BCUT2D eigenvalue weighted by Gasteiger charge is 2.18. The van der Waals surface area contributed by atoms with E-state index in [0.29, 0.717) is 40.3 Å². The second-order valence-corrected chi connectivity index (χ2v) is 9.56. The molecule has 1 aromatic heterocycles. The minimum absolute atomic E-state index is 0.118. The fourth-order valence-electron chi connectivity index (χ4n) is 3.90. The highest BCUT2D eigenvalue weighted by molar-refractivity contribution is 7.99. The molecule has 208 valence electrons. The van der Waals surface area contributed by atoms with Gasteiger partial charge in [0.05, 0.1) is 33.1 Å². The summed E-state index contributed by atoms with van der Waals surface area (Å²) in [6.07, 6.45) is 0. The quantitative estimate of drug-likeness (QED) is 0.240. The number of nitrogens with zero attached hydrogens (tertiary/aromatic N) is 3. The van der Waals surface area contributed by atoms with Crippen molar-refractivity contribution in [2.24, 2.45) is 0 Å². The van der Waals surface area contributed by atoms with Crippen molar-refractivity contribution in [3.8, 4) is 22.9 Å². The topological polar surface area (TPSA) is 117 Å². The number of aryl methyl sites for hydroxylation is 1. The van der Waals surface area contributed by atoms with Crippen LogP contribution in [-0.4, -0.2) is 53.2 Å². The van der Waals surface area contributed by atoms with Gasteiger partial charge < -0.3 is 24.8 Å². The number of rotatable bonds is 12. The first kappa shape index (κ1) is 28.5. The van der Waals surface area contributed by atoms with Crippen LogP contribution >= 0.6 is 11.8 Å². The molecule has 0 unspecified atom stereocenters. The van der Waals surface area contributed by atoms with Crippen molar-refractivity contribution in [3.63, 3.8) is 0 Å². The maximum absolute atomic E-state index is 12.9. The number of hydrogen-bond donors (Lipinski definition) is 2. The molecule has 10 nitrogen and oxygen atoms in total. The van der Waals surface area contributed by atoms with Crippen LogP contribution in [0.25, 0.3) is 5.69 Å². The van der Waals surface area contributed by atoms with Crippen LogP contribution in [-0.2, 0) is 11.3 Å². The van der Waals surface area contributed by atoms with Gasteiger partial charge in [-0.25, -0.2) is 0 Å². The van der Waals surface area contributed by atoms with Gasteiger partial charge in [0.2, 0.25) is 5.91 Å². The zero-order valence-electron chi connectivity index (χ0n) is 22.8. The van der Waals surface area contributed by atoms with Gasteiger partial charge in [-0.3, -0.25) is 14.2 Å². The zero-order valence-corrected chi connectivity index (χ0v) is 23.6. The van der Waals surface area contributed by atoms with E-state index >= 15 is 0 Å². The van der Waals surface area contributed by atoms with Gasteiger partial charge in [-0.2, -0.15) is 0 Å². The number of aromatic nitrogens is 3. The summed E-state index contributed by atoms with van der Waals surface area (Å²) in [6.45, 7) is 4.60. The Kier molecular flexibility index (Phi) is 9.63. The second-order valence-electron chi connectivity index (χ2n) is 8.62. The molecule has 0 aliphatic rings. The largest absolute Gasteiger partial charge is 0.494 e. The highest BCUT2D eigenvalue weighted by atomic mass is 32.2. The average Bonchev–Trinajstić information content (AvgIpc) is 3.38. The van der Waals surface area contributed by atoms with Gasteiger partial charge in [0.15, 0.2) is 22.5 Å². The summed E-state index contributed by atoms with van der Waals surface area (Å²) < 4.78 is 17.8. The van der Waals surface area contributed by atoms with E-state index in [1.54, 1.807) is 30.3 Å². The number of thioether (sulfide) groups is 1. The molecule has 0 saturated carbocycles.